The van der Waals surface area contributed by atoms with Gasteiger partial charge in [-0.3, -0.25) is 4.79 Å². The van der Waals surface area contributed by atoms with Crippen molar-refractivity contribution in [2.75, 3.05) is 0 Å². The smallest absolute Gasteiger partial charge is 0.153 e. The minimum atomic E-state index is -0.326. The van der Waals surface area contributed by atoms with Gasteiger partial charge in [0.05, 0.1) is 16.3 Å². The van der Waals surface area contributed by atoms with E-state index in [0.29, 0.717) is 27.5 Å². The maximum Gasteiger partial charge on any atom is 0.153 e. The Bertz CT molecular complexity index is 796. The van der Waals surface area contributed by atoms with E-state index in [9.17, 15) is 9.18 Å². The zero-order valence-corrected chi connectivity index (χ0v) is 11.6. The first-order valence-corrected chi connectivity index (χ1v) is 6.62. The molecule has 3 nitrogen and oxygen atoms in total. The van der Waals surface area contributed by atoms with Crippen molar-refractivity contribution in [1.82, 2.24) is 9.78 Å². The predicted molar refractivity (Wildman–Crippen MR) is 79.4 cm³/mol. The van der Waals surface area contributed by atoms with Crippen LogP contribution >= 0.6 is 11.6 Å². The third-order valence-corrected chi connectivity index (χ3v) is 3.42. The second kappa shape index (κ2) is 5.50. The summed E-state index contributed by atoms with van der Waals surface area (Å²) in [6, 6.07) is 13.0. The molecule has 3 rings (SSSR count). The molecule has 1 heterocycles. The lowest BCUT2D eigenvalue weighted by molar-refractivity contribution is 0.112. The van der Waals surface area contributed by atoms with E-state index in [0.717, 1.165) is 6.29 Å². The first kappa shape index (κ1) is 13.5. The van der Waals surface area contributed by atoms with Gasteiger partial charge in [0.15, 0.2) is 6.29 Å². The zero-order chi connectivity index (χ0) is 14.8. The molecule has 0 atom stereocenters. The number of carbonyl (C=O) groups excluding carboxylic acids is 1. The fraction of sp³-hybridized carbons (Fsp3) is 0. The van der Waals surface area contributed by atoms with Crippen LogP contribution in [0.2, 0.25) is 5.02 Å². The number of benzene rings is 2. The molecule has 1 aromatic heterocycles. The molecule has 104 valence electrons. The van der Waals surface area contributed by atoms with E-state index in [1.165, 1.54) is 16.8 Å². The van der Waals surface area contributed by atoms with Crippen molar-refractivity contribution in [2.24, 2.45) is 0 Å². The Morgan fingerprint density at radius 2 is 1.81 bits per heavy atom. The van der Waals surface area contributed by atoms with Crippen LogP contribution in [0.25, 0.3) is 16.9 Å². The van der Waals surface area contributed by atoms with Crippen molar-refractivity contribution < 1.29 is 9.18 Å². The van der Waals surface area contributed by atoms with Gasteiger partial charge in [-0.05, 0) is 30.3 Å². The topological polar surface area (TPSA) is 34.9 Å². The molecule has 0 radical (unpaired) electrons. The van der Waals surface area contributed by atoms with E-state index in [1.807, 2.05) is 12.1 Å². The molecule has 0 aliphatic rings. The number of aromatic nitrogens is 2. The Hall–Kier alpha value is -2.46. The van der Waals surface area contributed by atoms with Gasteiger partial charge in [-0.2, -0.15) is 5.10 Å². The molecular formula is C16H10ClFN2O. The summed E-state index contributed by atoms with van der Waals surface area (Å²) in [4.78, 5) is 11.3. The minimum absolute atomic E-state index is 0.326. The van der Waals surface area contributed by atoms with Gasteiger partial charge in [0.2, 0.25) is 0 Å². The largest absolute Gasteiger partial charge is 0.298 e. The third-order valence-electron chi connectivity index (χ3n) is 3.09. The normalized spacial score (nSPS) is 10.6. The van der Waals surface area contributed by atoms with Crippen molar-refractivity contribution in [1.29, 1.82) is 0 Å². The summed E-state index contributed by atoms with van der Waals surface area (Å²) < 4.78 is 14.5. The number of hydrogen-bond donors (Lipinski definition) is 0. The average Bonchev–Trinajstić information content (AvgIpc) is 2.92. The molecule has 2 aromatic carbocycles. The summed E-state index contributed by atoms with van der Waals surface area (Å²) in [7, 11) is 0. The van der Waals surface area contributed by atoms with Crippen LogP contribution in [0.3, 0.4) is 0 Å². The summed E-state index contributed by atoms with van der Waals surface area (Å²) in [6.45, 7) is 0. The molecule has 3 aromatic rings. The third kappa shape index (κ3) is 2.58. The molecule has 21 heavy (non-hydrogen) atoms. The van der Waals surface area contributed by atoms with Crippen molar-refractivity contribution in [3.8, 4) is 16.9 Å². The van der Waals surface area contributed by atoms with E-state index < -0.39 is 0 Å². The molecule has 0 saturated heterocycles. The maximum atomic E-state index is 13.0. The molecule has 0 bridgehead atoms. The summed E-state index contributed by atoms with van der Waals surface area (Å²) in [5, 5.41) is 4.91. The standard InChI is InChI=1S/C16H10ClFN2O/c17-15-4-2-1-3-14(15)16-11(10-21)9-20(19-16)13-7-5-12(18)6-8-13/h1-10H. The highest BCUT2D eigenvalue weighted by Gasteiger charge is 2.14. The summed E-state index contributed by atoms with van der Waals surface area (Å²) in [5.74, 6) is -0.326. The highest BCUT2D eigenvalue weighted by molar-refractivity contribution is 6.33. The molecule has 0 fully saturated rings. The first-order valence-electron chi connectivity index (χ1n) is 6.25. The lowest BCUT2D eigenvalue weighted by Crippen LogP contribution is -1.94. The van der Waals surface area contributed by atoms with Crippen LogP contribution < -0.4 is 0 Å². The van der Waals surface area contributed by atoms with E-state index in [-0.39, 0.29) is 5.82 Å². The van der Waals surface area contributed by atoms with Crippen LogP contribution in [0.15, 0.2) is 54.7 Å². The SMILES string of the molecule is O=Cc1cn(-c2ccc(F)cc2)nc1-c1ccccc1Cl. The van der Waals surface area contributed by atoms with E-state index in [2.05, 4.69) is 5.10 Å². The lowest BCUT2D eigenvalue weighted by atomic mass is 10.1. The molecule has 5 heteroatoms. The van der Waals surface area contributed by atoms with Crippen LogP contribution in [-0.2, 0) is 0 Å². The van der Waals surface area contributed by atoms with Gasteiger partial charge in [-0.1, -0.05) is 29.8 Å². The van der Waals surface area contributed by atoms with Crippen molar-refractivity contribution in [3.63, 3.8) is 0 Å². The molecule has 0 unspecified atom stereocenters. The molecule has 0 saturated carbocycles. The van der Waals surface area contributed by atoms with Gasteiger partial charge in [0.1, 0.15) is 11.5 Å². The first-order chi connectivity index (χ1) is 10.2. The highest BCUT2D eigenvalue weighted by atomic mass is 35.5. The average molecular weight is 301 g/mol. The van der Waals surface area contributed by atoms with Crippen LogP contribution in [0.4, 0.5) is 4.39 Å². The number of nitrogens with zero attached hydrogens (tertiary/aromatic N) is 2. The molecule has 0 spiro atoms. The molecule has 0 N–H and O–H groups in total. The fourth-order valence-corrected chi connectivity index (χ4v) is 2.29. The van der Waals surface area contributed by atoms with Gasteiger partial charge < -0.3 is 0 Å². The number of carbonyl (C=O) groups is 1. The van der Waals surface area contributed by atoms with E-state index in [1.54, 1.807) is 30.5 Å². The van der Waals surface area contributed by atoms with Crippen molar-refractivity contribution in [3.05, 3.63) is 71.1 Å². The Morgan fingerprint density at radius 3 is 2.48 bits per heavy atom. The van der Waals surface area contributed by atoms with Crippen LogP contribution in [0.1, 0.15) is 10.4 Å². The molecule has 0 aliphatic heterocycles. The van der Waals surface area contributed by atoms with Gasteiger partial charge in [-0.25, -0.2) is 9.07 Å². The Labute approximate surface area is 125 Å². The van der Waals surface area contributed by atoms with Crippen molar-refractivity contribution >= 4 is 17.9 Å². The quantitative estimate of drug-likeness (QED) is 0.681. The lowest BCUT2D eigenvalue weighted by Gasteiger charge is -2.02. The van der Waals surface area contributed by atoms with E-state index >= 15 is 0 Å². The number of rotatable bonds is 3. The fourth-order valence-electron chi connectivity index (χ4n) is 2.06. The summed E-state index contributed by atoms with van der Waals surface area (Å²) in [6.07, 6.45) is 2.32. The maximum absolute atomic E-state index is 13.0. The predicted octanol–water partition coefficient (Wildman–Crippen LogP) is 4.14. The van der Waals surface area contributed by atoms with Gasteiger partial charge in [0, 0.05) is 11.8 Å². The number of halogens is 2. The van der Waals surface area contributed by atoms with Gasteiger partial charge in [-0.15, -0.1) is 0 Å². The van der Waals surface area contributed by atoms with Crippen LogP contribution in [-0.4, -0.2) is 16.1 Å². The monoisotopic (exact) mass is 300 g/mol. The molecule has 0 aliphatic carbocycles. The molecule has 0 amide bonds. The minimum Gasteiger partial charge on any atom is -0.298 e. The summed E-state index contributed by atoms with van der Waals surface area (Å²) >= 11 is 6.15. The van der Waals surface area contributed by atoms with Crippen LogP contribution in [0.5, 0.6) is 0 Å². The number of hydrogen-bond acceptors (Lipinski definition) is 2. The van der Waals surface area contributed by atoms with Gasteiger partial charge >= 0.3 is 0 Å². The Balaban J connectivity index is 2.13. The highest BCUT2D eigenvalue weighted by Crippen LogP contribution is 2.29. The second-order valence-corrected chi connectivity index (χ2v) is 4.86. The molecular weight excluding hydrogens is 291 g/mol. The Morgan fingerprint density at radius 1 is 1.10 bits per heavy atom. The van der Waals surface area contributed by atoms with Crippen molar-refractivity contribution in [2.45, 2.75) is 0 Å². The van der Waals surface area contributed by atoms with Gasteiger partial charge in [0.25, 0.3) is 0 Å². The Kier molecular flexibility index (Phi) is 3.54. The van der Waals surface area contributed by atoms with Crippen LogP contribution in [0, 0.1) is 5.82 Å². The summed E-state index contributed by atoms with van der Waals surface area (Å²) in [5.41, 5.74) is 2.27. The number of aldehydes is 1. The second-order valence-electron chi connectivity index (χ2n) is 4.45. The zero-order valence-electron chi connectivity index (χ0n) is 10.8. The van der Waals surface area contributed by atoms with E-state index in [4.69, 9.17) is 11.6 Å².